The Labute approximate surface area is 193 Å². The smallest absolute Gasteiger partial charge is 0.269 e. The average molecular weight is 474 g/mol. The molecule has 0 fully saturated rings. The van der Waals surface area contributed by atoms with E-state index < -0.39 is 11.8 Å². The van der Waals surface area contributed by atoms with Crippen LogP contribution in [0.15, 0.2) is 65.6 Å². The first-order valence-electron chi connectivity index (χ1n) is 9.32. The van der Waals surface area contributed by atoms with Crippen LogP contribution in [0.1, 0.15) is 30.5 Å². The van der Waals surface area contributed by atoms with Gasteiger partial charge in [-0.2, -0.15) is 0 Å². The third-order valence-corrected chi connectivity index (χ3v) is 6.46. The average Bonchev–Trinajstić information content (AvgIpc) is 3.22. The van der Waals surface area contributed by atoms with E-state index in [1.165, 1.54) is 11.3 Å². The number of rotatable bonds is 7. The molecule has 3 aromatic rings. The zero-order chi connectivity index (χ0) is 22.2. The van der Waals surface area contributed by atoms with Crippen molar-refractivity contribution in [2.45, 2.75) is 17.6 Å². The third kappa shape index (κ3) is 7.13. The van der Waals surface area contributed by atoms with Crippen molar-refractivity contribution < 1.29 is 14.4 Å². The van der Waals surface area contributed by atoms with Crippen molar-refractivity contribution in [1.29, 1.82) is 0 Å². The molecule has 0 atom stereocenters. The summed E-state index contributed by atoms with van der Waals surface area (Å²) in [6.07, 6.45) is 0. The molecule has 1 heterocycles. The molecule has 160 valence electrons. The van der Waals surface area contributed by atoms with Crippen LogP contribution in [0.5, 0.6) is 0 Å². The number of nitrogens with one attached hydrogen (secondary N) is 3. The zero-order valence-electron chi connectivity index (χ0n) is 16.6. The highest BCUT2D eigenvalue weighted by molar-refractivity contribution is 7.98. The van der Waals surface area contributed by atoms with Gasteiger partial charge in [-0.05, 0) is 61.0 Å². The molecule has 3 rings (SSSR count). The highest BCUT2D eigenvalue weighted by atomic mass is 35.5. The van der Waals surface area contributed by atoms with E-state index in [2.05, 4.69) is 16.2 Å². The summed E-state index contributed by atoms with van der Waals surface area (Å²) in [6, 6.07) is 18.3. The molecule has 0 radical (unpaired) electrons. The first kappa shape index (κ1) is 22.9. The van der Waals surface area contributed by atoms with Crippen molar-refractivity contribution in [3.05, 3.63) is 86.6 Å². The Morgan fingerprint density at radius 3 is 2.26 bits per heavy atom. The monoisotopic (exact) mass is 473 g/mol. The van der Waals surface area contributed by atoms with Gasteiger partial charge in [-0.3, -0.25) is 25.2 Å². The summed E-state index contributed by atoms with van der Waals surface area (Å²) in [6.45, 7) is 1.66. The van der Waals surface area contributed by atoms with Crippen molar-refractivity contribution in [3.8, 4) is 0 Å². The highest BCUT2D eigenvalue weighted by Crippen LogP contribution is 2.24. The van der Waals surface area contributed by atoms with Crippen LogP contribution in [-0.4, -0.2) is 24.3 Å². The Bertz CT molecular complexity index is 1070. The maximum atomic E-state index is 12.2. The normalized spacial score (nSPS) is 10.4. The summed E-state index contributed by atoms with van der Waals surface area (Å²) in [5.74, 6) is -0.535. The standard InChI is InChI=1S/C22H20ClN3O3S2/c1-14-2-11-19(31-14)22(29)24-12-20(27)25-26-21(28)16-5-3-15(4-6-16)13-30-18-9-7-17(23)8-10-18/h2-11H,12-13H2,1H3,(H,24,29)(H,25,27)(H,26,28). The van der Waals surface area contributed by atoms with Crippen LogP contribution in [0.3, 0.4) is 0 Å². The minimum absolute atomic E-state index is 0.239. The second-order valence-corrected chi connectivity index (χ2v) is 9.31. The lowest BCUT2D eigenvalue weighted by atomic mass is 10.1. The molecule has 0 aliphatic carbocycles. The number of halogens is 1. The van der Waals surface area contributed by atoms with E-state index in [0.717, 1.165) is 21.1 Å². The van der Waals surface area contributed by atoms with E-state index in [-0.39, 0.29) is 12.5 Å². The molecule has 0 aliphatic heterocycles. The van der Waals surface area contributed by atoms with Gasteiger partial charge in [-0.25, -0.2) is 0 Å². The van der Waals surface area contributed by atoms with Crippen LogP contribution >= 0.6 is 34.7 Å². The lowest BCUT2D eigenvalue weighted by molar-refractivity contribution is -0.120. The fourth-order valence-electron chi connectivity index (χ4n) is 2.50. The number of carbonyl (C=O) groups is 3. The fraction of sp³-hybridized carbons (Fsp3) is 0.136. The molecule has 0 spiro atoms. The van der Waals surface area contributed by atoms with Crippen molar-refractivity contribution in [2.75, 3.05) is 6.54 Å². The molecule has 0 saturated heterocycles. The van der Waals surface area contributed by atoms with Gasteiger partial charge in [0.2, 0.25) is 0 Å². The molecule has 31 heavy (non-hydrogen) atoms. The Morgan fingerprint density at radius 2 is 1.61 bits per heavy atom. The van der Waals surface area contributed by atoms with Crippen LogP contribution in [0.4, 0.5) is 0 Å². The maximum absolute atomic E-state index is 12.2. The number of hydrazine groups is 1. The van der Waals surface area contributed by atoms with E-state index in [0.29, 0.717) is 15.5 Å². The number of carbonyl (C=O) groups excluding carboxylic acids is 3. The number of benzene rings is 2. The molecule has 2 aromatic carbocycles. The van der Waals surface area contributed by atoms with Crippen molar-refractivity contribution >= 4 is 52.4 Å². The number of hydrogen-bond donors (Lipinski definition) is 3. The molecule has 0 aliphatic rings. The van der Waals surface area contributed by atoms with Crippen LogP contribution in [0, 0.1) is 6.92 Å². The van der Waals surface area contributed by atoms with E-state index >= 15 is 0 Å². The summed E-state index contributed by atoms with van der Waals surface area (Å²) in [7, 11) is 0. The molecule has 0 unspecified atom stereocenters. The second-order valence-electron chi connectivity index (χ2n) is 6.53. The van der Waals surface area contributed by atoms with Crippen molar-refractivity contribution in [3.63, 3.8) is 0 Å². The molecule has 3 amide bonds. The Hall–Kier alpha value is -2.81. The molecule has 0 bridgehead atoms. The summed E-state index contributed by atoms with van der Waals surface area (Å²) in [5, 5.41) is 3.21. The minimum Gasteiger partial charge on any atom is -0.342 e. The number of amides is 3. The summed E-state index contributed by atoms with van der Waals surface area (Å²) < 4.78 is 0. The van der Waals surface area contributed by atoms with Crippen molar-refractivity contribution in [1.82, 2.24) is 16.2 Å². The number of aryl methyl sites for hydroxylation is 1. The molecule has 0 saturated carbocycles. The summed E-state index contributed by atoms with van der Waals surface area (Å²) >= 11 is 8.90. The van der Waals surface area contributed by atoms with Gasteiger partial charge in [0, 0.05) is 26.1 Å². The molecular formula is C22H20ClN3O3S2. The quantitative estimate of drug-likeness (QED) is 0.354. The van der Waals surface area contributed by atoms with E-state index in [1.807, 2.05) is 49.4 Å². The number of thiophene rings is 1. The number of hydrogen-bond acceptors (Lipinski definition) is 5. The Kier molecular flexibility index (Phi) is 8.11. The van der Waals surface area contributed by atoms with Gasteiger partial charge in [0.05, 0.1) is 11.4 Å². The van der Waals surface area contributed by atoms with E-state index in [9.17, 15) is 14.4 Å². The van der Waals surface area contributed by atoms with Gasteiger partial charge in [0.15, 0.2) is 0 Å². The topological polar surface area (TPSA) is 87.3 Å². The number of thioether (sulfide) groups is 1. The largest absolute Gasteiger partial charge is 0.342 e. The van der Waals surface area contributed by atoms with E-state index in [4.69, 9.17) is 11.6 Å². The maximum Gasteiger partial charge on any atom is 0.269 e. The van der Waals surface area contributed by atoms with Crippen LogP contribution in [-0.2, 0) is 10.5 Å². The summed E-state index contributed by atoms with van der Waals surface area (Å²) in [4.78, 5) is 38.7. The molecule has 1 aromatic heterocycles. The van der Waals surface area contributed by atoms with Gasteiger partial charge in [0.1, 0.15) is 0 Å². The van der Waals surface area contributed by atoms with E-state index in [1.54, 1.807) is 30.0 Å². The first-order chi connectivity index (χ1) is 14.9. The molecular weight excluding hydrogens is 454 g/mol. The van der Waals surface area contributed by atoms with Crippen LogP contribution < -0.4 is 16.2 Å². The van der Waals surface area contributed by atoms with Crippen molar-refractivity contribution in [2.24, 2.45) is 0 Å². The van der Waals surface area contributed by atoms with Gasteiger partial charge in [-0.15, -0.1) is 23.1 Å². The zero-order valence-corrected chi connectivity index (χ0v) is 19.0. The van der Waals surface area contributed by atoms with Crippen LogP contribution in [0.25, 0.3) is 0 Å². The van der Waals surface area contributed by atoms with Gasteiger partial charge in [0.25, 0.3) is 17.7 Å². The lowest BCUT2D eigenvalue weighted by Crippen LogP contribution is -2.46. The molecule has 6 nitrogen and oxygen atoms in total. The predicted octanol–water partition coefficient (Wildman–Crippen LogP) is 4.19. The SMILES string of the molecule is Cc1ccc(C(=O)NCC(=O)NNC(=O)c2ccc(CSc3ccc(Cl)cc3)cc2)s1. The minimum atomic E-state index is -0.522. The Morgan fingerprint density at radius 1 is 0.903 bits per heavy atom. The molecule has 3 N–H and O–H groups in total. The van der Waals surface area contributed by atoms with Gasteiger partial charge >= 0.3 is 0 Å². The Balaban J connectivity index is 1.41. The highest BCUT2D eigenvalue weighted by Gasteiger charge is 2.11. The fourth-order valence-corrected chi connectivity index (χ4v) is 4.26. The third-order valence-electron chi connectivity index (χ3n) is 4.12. The lowest BCUT2D eigenvalue weighted by Gasteiger charge is -2.09. The van der Waals surface area contributed by atoms with Gasteiger partial charge < -0.3 is 5.32 Å². The van der Waals surface area contributed by atoms with Crippen LogP contribution in [0.2, 0.25) is 5.02 Å². The molecule has 9 heteroatoms. The second kappa shape index (κ2) is 11.0. The van der Waals surface area contributed by atoms with Gasteiger partial charge in [-0.1, -0.05) is 23.7 Å². The first-order valence-corrected chi connectivity index (χ1v) is 11.5. The summed E-state index contributed by atoms with van der Waals surface area (Å²) in [5.41, 5.74) is 6.12. The predicted molar refractivity (Wildman–Crippen MR) is 124 cm³/mol.